The third-order valence-electron chi connectivity index (χ3n) is 2.99. The average Bonchev–Trinajstić information content (AvgIpc) is 2.82. The molecule has 1 aliphatic rings. The molecule has 1 heterocycles. The highest BCUT2D eigenvalue weighted by molar-refractivity contribution is 5.34. The highest BCUT2D eigenvalue weighted by Gasteiger charge is 2.04. The highest BCUT2D eigenvalue weighted by Crippen LogP contribution is 2.12. The van der Waals surface area contributed by atoms with Crippen LogP contribution in [-0.4, -0.2) is 22.1 Å². The van der Waals surface area contributed by atoms with Gasteiger partial charge in [0, 0.05) is 18.8 Å². The number of aromatic amines is 2. The highest BCUT2D eigenvalue weighted by atomic mass is 16.1. The predicted molar refractivity (Wildman–Crippen MR) is 82.1 cm³/mol. The Bertz CT molecular complexity index is 641. The third kappa shape index (κ3) is 4.02. The van der Waals surface area contributed by atoms with E-state index >= 15 is 0 Å². The Morgan fingerprint density at radius 1 is 1.25 bits per heavy atom. The van der Waals surface area contributed by atoms with E-state index in [4.69, 9.17) is 0 Å². The molecule has 4 nitrogen and oxygen atoms in total. The first kappa shape index (κ1) is 13.9. The monoisotopic (exact) mass is 269 g/mol. The van der Waals surface area contributed by atoms with Crippen molar-refractivity contribution in [3.8, 4) is 0 Å². The summed E-state index contributed by atoms with van der Waals surface area (Å²) in [5.41, 5.74) is 2.79. The summed E-state index contributed by atoms with van der Waals surface area (Å²) in [5, 5.41) is 5.41. The van der Waals surface area contributed by atoms with Gasteiger partial charge in [-0.2, -0.15) is 0 Å². The van der Waals surface area contributed by atoms with Crippen molar-refractivity contribution in [2.45, 2.75) is 13.0 Å². The molecule has 1 aromatic rings. The Kier molecular flexibility index (Phi) is 4.60. The first-order chi connectivity index (χ1) is 9.65. The summed E-state index contributed by atoms with van der Waals surface area (Å²) in [5.74, 6) is 0. The number of aromatic nitrogens is 2. The lowest BCUT2D eigenvalue weighted by Crippen LogP contribution is -2.16. The Labute approximate surface area is 118 Å². The second-order valence-electron chi connectivity index (χ2n) is 4.70. The molecule has 0 radical (unpaired) electrons. The molecule has 0 fully saturated rings. The zero-order valence-corrected chi connectivity index (χ0v) is 11.6. The fraction of sp³-hybridized carbons (Fsp3) is 0.188. The van der Waals surface area contributed by atoms with E-state index in [1.54, 1.807) is 6.07 Å². The summed E-state index contributed by atoms with van der Waals surface area (Å²) >= 11 is 0. The lowest BCUT2D eigenvalue weighted by Gasteiger charge is -2.19. The maximum absolute atomic E-state index is 11.1. The van der Waals surface area contributed by atoms with Gasteiger partial charge in [0.2, 0.25) is 0 Å². The van der Waals surface area contributed by atoms with Crippen molar-refractivity contribution in [2.75, 3.05) is 7.05 Å². The first-order valence-electron chi connectivity index (χ1n) is 6.53. The van der Waals surface area contributed by atoms with Crippen molar-refractivity contribution in [1.82, 2.24) is 15.1 Å². The number of likely N-dealkylation sites (N-methyl/N-ethyl adjacent to an activating group) is 1. The number of hydrogen-bond donors (Lipinski definition) is 2. The third-order valence-corrected chi connectivity index (χ3v) is 2.99. The molecular weight excluding hydrogens is 250 g/mol. The lowest BCUT2D eigenvalue weighted by atomic mass is 10.1. The van der Waals surface area contributed by atoms with Gasteiger partial charge in [0.1, 0.15) is 0 Å². The molecule has 0 aliphatic heterocycles. The van der Waals surface area contributed by atoms with Crippen LogP contribution in [0.1, 0.15) is 12.1 Å². The van der Waals surface area contributed by atoms with Crippen LogP contribution in [0.4, 0.5) is 0 Å². The second kappa shape index (κ2) is 6.61. The molecule has 0 unspecified atom stereocenters. The van der Waals surface area contributed by atoms with Gasteiger partial charge in [-0.15, -0.1) is 0 Å². The number of nitrogens with one attached hydrogen (secondary N) is 2. The summed E-state index contributed by atoms with van der Waals surface area (Å²) < 4.78 is 0. The van der Waals surface area contributed by atoms with E-state index in [1.165, 1.54) is 0 Å². The summed E-state index contributed by atoms with van der Waals surface area (Å²) in [6, 6.07) is 1.57. The van der Waals surface area contributed by atoms with Crippen LogP contribution in [0.15, 0.2) is 71.2 Å². The van der Waals surface area contributed by atoms with E-state index in [0.717, 1.165) is 23.4 Å². The fourth-order valence-electron chi connectivity index (χ4n) is 1.93. The summed E-state index contributed by atoms with van der Waals surface area (Å²) in [6.45, 7) is 4.60. The molecule has 0 amide bonds. The van der Waals surface area contributed by atoms with Gasteiger partial charge in [-0.05, 0) is 18.1 Å². The van der Waals surface area contributed by atoms with Crippen molar-refractivity contribution in [3.63, 3.8) is 0 Å². The number of allylic oxidation sites excluding steroid dienone is 8. The average molecular weight is 269 g/mol. The van der Waals surface area contributed by atoms with Crippen LogP contribution in [0.25, 0.3) is 0 Å². The van der Waals surface area contributed by atoms with Crippen LogP contribution in [-0.2, 0) is 6.54 Å². The summed E-state index contributed by atoms with van der Waals surface area (Å²) in [6.07, 6.45) is 15.1. The van der Waals surface area contributed by atoms with Crippen LogP contribution in [0, 0.1) is 0 Å². The maximum Gasteiger partial charge on any atom is 0.264 e. The van der Waals surface area contributed by atoms with E-state index in [9.17, 15) is 4.79 Å². The van der Waals surface area contributed by atoms with Crippen LogP contribution in [0.3, 0.4) is 0 Å². The van der Waals surface area contributed by atoms with Crippen LogP contribution in [0.5, 0.6) is 0 Å². The molecule has 1 aliphatic carbocycles. The van der Waals surface area contributed by atoms with Crippen molar-refractivity contribution in [1.29, 1.82) is 0 Å². The van der Waals surface area contributed by atoms with Crippen LogP contribution >= 0.6 is 0 Å². The molecule has 2 rings (SSSR count). The first-order valence-corrected chi connectivity index (χ1v) is 6.53. The lowest BCUT2D eigenvalue weighted by molar-refractivity contribution is 0.417. The minimum Gasteiger partial charge on any atom is -0.369 e. The van der Waals surface area contributed by atoms with Gasteiger partial charge >= 0.3 is 0 Å². The van der Waals surface area contributed by atoms with E-state index in [-0.39, 0.29) is 5.56 Å². The molecule has 2 N–H and O–H groups in total. The minimum absolute atomic E-state index is 0.106. The van der Waals surface area contributed by atoms with Crippen molar-refractivity contribution in [2.24, 2.45) is 0 Å². The maximum atomic E-state index is 11.1. The molecular formula is C16H19N3O. The van der Waals surface area contributed by atoms with Gasteiger partial charge in [-0.1, -0.05) is 43.0 Å². The molecule has 0 atom stereocenters. The smallest absolute Gasteiger partial charge is 0.264 e. The number of rotatable bonds is 3. The Morgan fingerprint density at radius 3 is 2.85 bits per heavy atom. The van der Waals surface area contributed by atoms with Gasteiger partial charge in [0.05, 0.1) is 12.2 Å². The van der Waals surface area contributed by atoms with Crippen molar-refractivity contribution in [3.05, 3.63) is 82.5 Å². The van der Waals surface area contributed by atoms with Gasteiger partial charge in [0.25, 0.3) is 5.56 Å². The Morgan fingerprint density at radius 2 is 2.10 bits per heavy atom. The minimum atomic E-state index is -0.106. The molecule has 104 valence electrons. The van der Waals surface area contributed by atoms with Crippen molar-refractivity contribution < 1.29 is 0 Å². The molecule has 0 saturated carbocycles. The van der Waals surface area contributed by atoms with E-state index < -0.39 is 0 Å². The number of nitrogens with zero attached hydrogens (tertiary/aromatic N) is 1. The summed E-state index contributed by atoms with van der Waals surface area (Å²) in [4.78, 5) is 13.2. The van der Waals surface area contributed by atoms with Crippen molar-refractivity contribution >= 4 is 0 Å². The van der Waals surface area contributed by atoms with Crippen LogP contribution in [0.2, 0.25) is 0 Å². The quantitative estimate of drug-likeness (QED) is 0.886. The molecule has 0 saturated heterocycles. The topological polar surface area (TPSA) is 51.9 Å². The number of H-pyrrole nitrogens is 2. The normalized spacial score (nSPS) is 21.1. The zero-order valence-electron chi connectivity index (χ0n) is 11.6. The summed E-state index contributed by atoms with van der Waals surface area (Å²) in [7, 11) is 2.00. The van der Waals surface area contributed by atoms with E-state index in [1.807, 2.05) is 37.4 Å². The van der Waals surface area contributed by atoms with Gasteiger partial charge < -0.3 is 10.00 Å². The zero-order chi connectivity index (χ0) is 14.4. The van der Waals surface area contributed by atoms with E-state index in [0.29, 0.717) is 6.54 Å². The fourth-order valence-corrected chi connectivity index (χ4v) is 1.93. The largest absolute Gasteiger partial charge is 0.369 e. The second-order valence-corrected chi connectivity index (χ2v) is 4.70. The molecule has 1 aromatic heterocycles. The van der Waals surface area contributed by atoms with Gasteiger partial charge in [0.15, 0.2) is 0 Å². The predicted octanol–water partition coefficient (Wildman–Crippen LogP) is 2.65. The van der Waals surface area contributed by atoms with E-state index in [2.05, 4.69) is 33.8 Å². The standard InChI is InChI=1S/C16H19N3O/c1-13-7-5-3-4-6-8-15(10-9-13)19(2)12-14-11-16(20)18-17-14/h3-5,7-11H,1,6,12H2,2H3,(H2,17,18,20)/b4-3-,7-5-,10-9?,15-8+. The van der Waals surface area contributed by atoms with Gasteiger partial charge in [-0.3, -0.25) is 9.89 Å². The van der Waals surface area contributed by atoms with Gasteiger partial charge in [-0.25, -0.2) is 0 Å². The number of hydrogen-bond acceptors (Lipinski definition) is 2. The molecule has 0 aromatic carbocycles. The molecule has 0 bridgehead atoms. The Hall–Kier alpha value is -2.49. The SMILES string of the molecule is C=C1C=C/C(N(C)Cc2cc(=O)[nH][nH]2)=C\C/C=C\C=C/1. The molecule has 0 spiro atoms. The van der Waals surface area contributed by atoms with Crippen LogP contribution < -0.4 is 5.56 Å². The Balaban J connectivity index is 2.13. The molecule has 20 heavy (non-hydrogen) atoms. The molecule has 4 heteroatoms.